The van der Waals surface area contributed by atoms with Crippen LogP contribution in [-0.2, 0) is 16.0 Å². The molecule has 27 heavy (non-hydrogen) atoms. The summed E-state index contributed by atoms with van der Waals surface area (Å²) >= 11 is 0. The molecule has 1 fully saturated rings. The Morgan fingerprint density at radius 3 is 2.33 bits per heavy atom. The quantitative estimate of drug-likeness (QED) is 0.473. The van der Waals surface area contributed by atoms with E-state index in [0.717, 1.165) is 5.56 Å². The zero-order valence-electron chi connectivity index (χ0n) is 15.0. The Kier molecular flexibility index (Phi) is 5.03. The Morgan fingerprint density at radius 2 is 1.67 bits per heavy atom. The van der Waals surface area contributed by atoms with Crippen LogP contribution in [0.5, 0.6) is 0 Å². The second-order valence-corrected chi connectivity index (χ2v) is 6.36. The fourth-order valence-electron chi connectivity index (χ4n) is 3.12. The molecule has 1 saturated heterocycles. The molecule has 7 nitrogen and oxygen atoms in total. The van der Waals surface area contributed by atoms with Crippen LogP contribution in [0.1, 0.15) is 11.1 Å². The van der Waals surface area contributed by atoms with Gasteiger partial charge in [-0.2, -0.15) is 0 Å². The maximum Gasteiger partial charge on any atom is 0.276 e. The minimum absolute atomic E-state index is 0.112. The highest BCUT2D eigenvalue weighted by Gasteiger charge is 2.39. The standard InChI is InChI=1S/C20H19N3O4/c1-21-17(12-14-8-4-3-5-9-14)19(24)22(2)18(20(21)25)13-15-10-6-7-11-16(15)23(26)27/h3-11,13,17H,12H2,1-2H3. The topological polar surface area (TPSA) is 83.8 Å². The molecule has 0 saturated carbocycles. The summed E-state index contributed by atoms with van der Waals surface area (Å²) in [5.41, 5.74) is 1.23. The Hall–Kier alpha value is -3.48. The summed E-state index contributed by atoms with van der Waals surface area (Å²) in [5.74, 6) is -0.582. The fraction of sp³-hybridized carbons (Fsp3) is 0.200. The predicted molar refractivity (Wildman–Crippen MR) is 101 cm³/mol. The van der Waals surface area contributed by atoms with E-state index in [1.54, 1.807) is 25.2 Å². The molecule has 0 N–H and O–H groups in total. The van der Waals surface area contributed by atoms with Crippen molar-refractivity contribution < 1.29 is 14.5 Å². The van der Waals surface area contributed by atoms with Crippen molar-refractivity contribution in [2.45, 2.75) is 12.5 Å². The van der Waals surface area contributed by atoms with Gasteiger partial charge in [0.25, 0.3) is 11.6 Å². The van der Waals surface area contributed by atoms with Gasteiger partial charge in [0, 0.05) is 26.6 Å². The van der Waals surface area contributed by atoms with Crippen LogP contribution >= 0.6 is 0 Å². The minimum atomic E-state index is -0.618. The van der Waals surface area contributed by atoms with Crippen LogP contribution < -0.4 is 0 Å². The van der Waals surface area contributed by atoms with Gasteiger partial charge in [0.15, 0.2) is 0 Å². The van der Waals surface area contributed by atoms with Gasteiger partial charge in [-0.15, -0.1) is 0 Å². The van der Waals surface area contributed by atoms with Crippen LogP contribution in [0.25, 0.3) is 6.08 Å². The summed E-state index contributed by atoms with van der Waals surface area (Å²) < 4.78 is 0. The van der Waals surface area contributed by atoms with Crippen molar-refractivity contribution in [2.24, 2.45) is 0 Å². The summed E-state index contributed by atoms with van der Waals surface area (Å²) in [6.45, 7) is 0. The second kappa shape index (κ2) is 7.41. The number of likely N-dealkylation sites (N-methyl/N-ethyl adjacent to an activating group) is 2. The fourth-order valence-corrected chi connectivity index (χ4v) is 3.12. The molecule has 1 aliphatic rings. The van der Waals surface area contributed by atoms with E-state index in [0.29, 0.717) is 6.42 Å². The third-order valence-corrected chi connectivity index (χ3v) is 4.68. The third-order valence-electron chi connectivity index (χ3n) is 4.68. The lowest BCUT2D eigenvalue weighted by molar-refractivity contribution is -0.385. The number of nitro benzene ring substituents is 1. The molecule has 0 bridgehead atoms. The smallest absolute Gasteiger partial charge is 0.276 e. The molecule has 3 rings (SSSR count). The van der Waals surface area contributed by atoms with E-state index in [1.807, 2.05) is 30.3 Å². The molecule has 0 radical (unpaired) electrons. The van der Waals surface area contributed by atoms with Crippen LogP contribution in [0, 0.1) is 10.1 Å². The molecule has 138 valence electrons. The van der Waals surface area contributed by atoms with Crippen molar-refractivity contribution in [3.05, 3.63) is 81.5 Å². The van der Waals surface area contributed by atoms with Crippen molar-refractivity contribution in [1.82, 2.24) is 9.80 Å². The van der Waals surface area contributed by atoms with E-state index >= 15 is 0 Å². The predicted octanol–water partition coefficient (Wildman–Crippen LogP) is 2.48. The van der Waals surface area contributed by atoms with Crippen molar-refractivity contribution in [1.29, 1.82) is 0 Å². The number of amides is 2. The van der Waals surface area contributed by atoms with E-state index in [2.05, 4.69) is 0 Å². The summed E-state index contributed by atoms with van der Waals surface area (Å²) in [6.07, 6.45) is 1.80. The van der Waals surface area contributed by atoms with Crippen LogP contribution in [-0.4, -0.2) is 46.7 Å². The highest BCUT2D eigenvalue weighted by molar-refractivity contribution is 6.07. The molecule has 0 aliphatic carbocycles. The summed E-state index contributed by atoms with van der Waals surface area (Å²) in [4.78, 5) is 39.1. The molecule has 0 aromatic heterocycles. The number of nitrogens with zero attached hydrogens (tertiary/aromatic N) is 3. The van der Waals surface area contributed by atoms with E-state index in [-0.39, 0.29) is 28.8 Å². The number of hydrogen-bond donors (Lipinski definition) is 0. The minimum Gasteiger partial charge on any atom is -0.328 e. The lowest BCUT2D eigenvalue weighted by atomic mass is 10.00. The zero-order chi connectivity index (χ0) is 19.6. The van der Waals surface area contributed by atoms with Crippen molar-refractivity contribution in [3.8, 4) is 0 Å². The number of benzene rings is 2. The summed E-state index contributed by atoms with van der Waals surface area (Å²) in [7, 11) is 3.10. The van der Waals surface area contributed by atoms with Gasteiger partial charge in [-0.05, 0) is 17.7 Å². The second-order valence-electron chi connectivity index (χ2n) is 6.36. The first-order valence-corrected chi connectivity index (χ1v) is 8.44. The zero-order valence-corrected chi connectivity index (χ0v) is 15.0. The van der Waals surface area contributed by atoms with Crippen LogP contribution in [0.15, 0.2) is 60.3 Å². The molecular weight excluding hydrogens is 346 g/mol. The number of nitro groups is 1. The lowest BCUT2D eigenvalue weighted by Crippen LogP contribution is -2.56. The maximum atomic E-state index is 12.9. The first-order chi connectivity index (χ1) is 12.9. The summed E-state index contributed by atoms with van der Waals surface area (Å²) in [6, 6.07) is 15.0. The lowest BCUT2D eigenvalue weighted by Gasteiger charge is -2.38. The van der Waals surface area contributed by atoms with E-state index in [9.17, 15) is 19.7 Å². The monoisotopic (exact) mass is 365 g/mol. The highest BCUT2D eigenvalue weighted by Crippen LogP contribution is 2.26. The molecule has 1 heterocycles. The SMILES string of the molecule is CN1C(=O)C(Cc2ccccc2)N(C)C(=O)C1=Cc1ccccc1[N+](=O)[O-]. The average molecular weight is 365 g/mol. The Bertz CT molecular complexity index is 924. The number of hydrogen-bond acceptors (Lipinski definition) is 4. The van der Waals surface area contributed by atoms with Gasteiger partial charge in [-0.1, -0.05) is 42.5 Å². The Morgan fingerprint density at radius 1 is 1.04 bits per heavy atom. The third kappa shape index (κ3) is 3.57. The molecule has 1 unspecified atom stereocenters. The van der Waals surface area contributed by atoms with E-state index in [1.165, 1.54) is 29.0 Å². The van der Waals surface area contributed by atoms with Crippen molar-refractivity contribution >= 4 is 23.6 Å². The number of para-hydroxylation sites is 1. The average Bonchev–Trinajstić information content (AvgIpc) is 2.68. The first kappa shape index (κ1) is 18.3. The van der Waals surface area contributed by atoms with Gasteiger partial charge in [-0.3, -0.25) is 19.7 Å². The maximum absolute atomic E-state index is 12.9. The van der Waals surface area contributed by atoms with Gasteiger partial charge in [0.05, 0.1) is 10.5 Å². The van der Waals surface area contributed by atoms with E-state index < -0.39 is 11.0 Å². The molecule has 2 aromatic rings. The molecule has 2 amide bonds. The number of rotatable bonds is 4. The molecule has 1 atom stereocenters. The first-order valence-electron chi connectivity index (χ1n) is 8.44. The largest absolute Gasteiger partial charge is 0.328 e. The molecule has 1 aliphatic heterocycles. The van der Waals surface area contributed by atoms with Gasteiger partial charge in [0.1, 0.15) is 11.7 Å². The van der Waals surface area contributed by atoms with Gasteiger partial charge < -0.3 is 9.80 Å². The van der Waals surface area contributed by atoms with Crippen molar-refractivity contribution in [3.63, 3.8) is 0 Å². The van der Waals surface area contributed by atoms with Crippen LogP contribution in [0.4, 0.5) is 5.69 Å². The van der Waals surface area contributed by atoms with E-state index in [4.69, 9.17) is 0 Å². The van der Waals surface area contributed by atoms with Gasteiger partial charge in [0.2, 0.25) is 5.91 Å². The number of carbonyl (C=O) groups is 2. The van der Waals surface area contributed by atoms with Gasteiger partial charge in [-0.25, -0.2) is 0 Å². The Labute approximate surface area is 156 Å². The number of carbonyl (C=O) groups excluding carboxylic acids is 2. The van der Waals surface area contributed by atoms with Crippen molar-refractivity contribution in [2.75, 3.05) is 14.1 Å². The Balaban J connectivity index is 1.94. The van der Waals surface area contributed by atoms with Gasteiger partial charge >= 0.3 is 0 Å². The molecule has 7 heteroatoms. The molecule has 0 spiro atoms. The molecular formula is C20H19N3O4. The van der Waals surface area contributed by atoms with Crippen LogP contribution in [0.2, 0.25) is 0 Å². The normalized spacial score (nSPS) is 18.9. The summed E-state index contributed by atoms with van der Waals surface area (Å²) in [5, 5.41) is 11.2. The highest BCUT2D eigenvalue weighted by atomic mass is 16.6. The number of piperazine rings is 1. The molecule has 2 aromatic carbocycles. The van der Waals surface area contributed by atoms with Crippen LogP contribution in [0.3, 0.4) is 0 Å².